The maximum absolute atomic E-state index is 11.7. The Kier molecular flexibility index (Phi) is 6.25. The summed E-state index contributed by atoms with van der Waals surface area (Å²) < 4.78 is 5.08. The van der Waals surface area contributed by atoms with Crippen molar-refractivity contribution in [3.05, 3.63) is 12.7 Å². The molecule has 5 heteroatoms. The van der Waals surface area contributed by atoms with Crippen LogP contribution in [0.4, 0.5) is 0 Å². The van der Waals surface area contributed by atoms with Gasteiger partial charge in [-0.25, -0.2) is 0 Å². The highest BCUT2D eigenvalue weighted by molar-refractivity contribution is 5.81. The molecule has 1 aliphatic heterocycles. The van der Waals surface area contributed by atoms with E-state index in [1.54, 1.807) is 13.1 Å². The molecule has 5 nitrogen and oxygen atoms in total. The topological polar surface area (TPSA) is 53.9 Å². The summed E-state index contributed by atoms with van der Waals surface area (Å²) in [5.74, 6) is 0.686. The van der Waals surface area contributed by atoms with Gasteiger partial charge >= 0.3 is 5.97 Å². The van der Waals surface area contributed by atoms with Gasteiger partial charge in [0, 0.05) is 26.7 Å². The van der Waals surface area contributed by atoms with Crippen LogP contribution in [0.25, 0.3) is 0 Å². The van der Waals surface area contributed by atoms with E-state index in [4.69, 9.17) is 4.74 Å². The number of piperidine rings is 1. The predicted octanol–water partition coefficient (Wildman–Crippen LogP) is 1.02. The Bertz CT molecular complexity index is 315. The van der Waals surface area contributed by atoms with E-state index < -0.39 is 0 Å². The van der Waals surface area contributed by atoms with Crippen LogP contribution in [0.2, 0.25) is 0 Å². The molecule has 1 rings (SSSR count). The highest BCUT2D eigenvalue weighted by Crippen LogP contribution is 2.17. The summed E-state index contributed by atoms with van der Waals surface area (Å²) in [6, 6.07) is 0. The SMILES string of the molecule is C=CCNC(=NC)N1CCCC(C(=O)OCC)C1. The number of nitrogens with one attached hydrogen (secondary N) is 1. The second-order valence-corrected chi connectivity index (χ2v) is 4.25. The third-order valence-corrected chi connectivity index (χ3v) is 2.96. The van der Waals surface area contributed by atoms with Crippen molar-refractivity contribution in [2.45, 2.75) is 19.8 Å². The highest BCUT2D eigenvalue weighted by atomic mass is 16.5. The second-order valence-electron chi connectivity index (χ2n) is 4.25. The van der Waals surface area contributed by atoms with Crippen LogP contribution in [0.1, 0.15) is 19.8 Å². The minimum atomic E-state index is -0.0960. The fourth-order valence-corrected chi connectivity index (χ4v) is 2.12. The lowest BCUT2D eigenvalue weighted by Crippen LogP contribution is -2.48. The van der Waals surface area contributed by atoms with E-state index >= 15 is 0 Å². The molecule has 0 saturated carbocycles. The normalized spacial score (nSPS) is 20.4. The number of hydrogen-bond acceptors (Lipinski definition) is 3. The maximum Gasteiger partial charge on any atom is 0.310 e. The van der Waals surface area contributed by atoms with Crippen molar-refractivity contribution in [1.82, 2.24) is 10.2 Å². The first-order valence-corrected chi connectivity index (χ1v) is 6.46. The third-order valence-electron chi connectivity index (χ3n) is 2.96. The van der Waals surface area contributed by atoms with Gasteiger partial charge in [0.1, 0.15) is 0 Å². The van der Waals surface area contributed by atoms with E-state index in [1.165, 1.54) is 0 Å². The maximum atomic E-state index is 11.7. The van der Waals surface area contributed by atoms with Gasteiger partial charge in [0.25, 0.3) is 0 Å². The molecule has 1 atom stereocenters. The van der Waals surface area contributed by atoms with Crippen LogP contribution in [0.5, 0.6) is 0 Å². The summed E-state index contributed by atoms with van der Waals surface area (Å²) in [5, 5.41) is 3.19. The standard InChI is InChI=1S/C13H23N3O2/c1-4-8-15-13(14-3)16-9-6-7-11(10-16)12(17)18-5-2/h4,11H,1,5-10H2,2-3H3,(H,14,15). The average molecular weight is 253 g/mol. The van der Waals surface area contributed by atoms with Crippen molar-refractivity contribution in [2.24, 2.45) is 10.9 Å². The zero-order chi connectivity index (χ0) is 13.4. The second kappa shape index (κ2) is 7.74. The Hall–Kier alpha value is -1.52. The first-order valence-electron chi connectivity index (χ1n) is 6.46. The van der Waals surface area contributed by atoms with E-state index in [0.29, 0.717) is 19.7 Å². The largest absolute Gasteiger partial charge is 0.466 e. The third kappa shape index (κ3) is 4.05. The summed E-state index contributed by atoms with van der Waals surface area (Å²) in [6.45, 7) is 8.22. The Morgan fingerprint density at radius 2 is 2.44 bits per heavy atom. The van der Waals surface area contributed by atoms with Gasteiger partial charge < -0.3 is 15.0 Å². The van der Waals surface area contributed by atoms with Crippen molar-refractivity contribution in [1.29, 1.82) is 0 Å². The number of ether oxygens (including phenoxy) is 1. The van der Waals surface area contributed by atoms with Gasteiger partial charge in [0.15, 0.2) is 5.96 Å². The molecule has 1 aliphatic rings. The monoisotopic (exact) mass is 253 g/mol. The Morgan fingerprint density at radius 3 is 3.06 bits per heavy atom. The number of rotatable bonds is 4. The van der Waals surface area contributed by atoms with Crippen LogP contribution in [0, 0.1) is 5.92 Å². The molecule has 1 saturated heterocycles. The summed E-state index contributed by atoms with van der Waals surface area (Å²) in [5.41, 5.74) is 0. The fraction of sp³-hybridized carbons (Fsp3) is 0.692. The molecule has 1 unspecified atom stereocenters. The lowest BCUT2D eigenvalue weighted by atomic mass is 9.98. The molecule has 0 aliphatic carbocycles. The number of guanidine groups is 1. The number of aliphatic imine (C=N–C) groups is 1. The molecule has 0 radical (unpaired) electrons. The van der Waals surface area contributed by atoms with E-state index in [1.807, 2.05) is 6.92 Å². The van der Waals surface area contributed by atoms with Gasteiger partial charge in [0.2, 0.25) is 0 Å². The van der Waals surface area contributed by atoms with Crippen LogP contribution < -0.4 is 5.32 Å². The molecule has 18 heavy (non-hydrogen) atoms. The summed E-state index contributed by atoms with van der Waals surface area (Å²) >= 11 is 0. The predicted molar refractivity (Wildman–Crippen MR) is 72.5 cm³/mol. The molecule has 1 N–H and O–H groups in total. The quantitative estimate of drug-likeness (QED) is 0.352. The minimum absolute atomic E-state index is 0.0408. The van der Waals surface area contributed by atoms with Crippen LogP contribution >= 0.6 is 0 Å². The smallest absolute Gasteiger partial charge is 0.310 e. The van der Waals surface area contributed by atoms with Gasteiger partial charge in [-0.05, 0) is 19.8 Å². The average Bonchev–Trinajstić information content (AvgIpc) is 2.40. The first kappa shape index (κ1) is 14.5. The van der Waals surface area contributed by atoms with Crippen LogP contribution in [0.3, 0.4) is 0 Å². The molecule has 1 heterocycles. The molecule has 0 aromatic carbocycles. The Morgan fingerprint density at radius 1 is 1.67 bits per heavy atom. The van der Waals surface area contributed by atoms with Crippen molar-refractivity contribution in [3.63, 3.8) is 0 Å². The molecular weight excluding hydrogens is 230 g/mol. The van der Waals surface area contributed by atoms with Crippen molar-refractivity contribution in [2.75, 3.05) is 33.3 Å². The number of carbonyl (C=O) groups excluding carboxylic acids is 1. The van der Waals surface area contributed by atoms with Crippen LogP contribution in [0.15, 0.2) is 17.6 Å². The Balaban J connectivity index is 2.56. The summed E-state index contributed by atoms with van der Waals surface area (Å²) in [7, 11) is 1.75. The number of likely N-dealkylation sites (tertiary alicyclic amines) is 1. The molecule has 102 valence electrons. The van der Waals surface area contributed by atoms with Gasteiger partial charge in [-0.1, -0.05) is 6.08 Å². The lowest BCUT2D eigenvalue weighted by Gasteiger charge is -2.33. The van der Waals surface area contributed by atoms with Crippen LogP contribution in [-0.4, -0.2) is 50.1 Å². The molecule has 0 spiro atoms. The molecule has 1 fully saturated rings. The summed E-state index contributed by atoms with van der Waals surface area (Å²) in [4.78, 5) is 18.1. The van der Waals surface area contributed by atoms with Crippen LogP contribution in [-0.2, 0) is 9.53 Å². The van der Waals surface area contributed by atoms with E-state index in [2.05, 4.69) is 21.8 Å². The number of nitrogens with zero attached hydrogens (tertiary/aromatic N) is 2. The highest BCUT2D eigenvalue weighted by Gasteiger charge is 2.28. The van der Waals surface area contributed by atoms with Gasteiger partial charge in [-0.15, -0.1) is 6.58 Å². The number of hydrogen-bond donors (Lipinski definition) is 1. The van der Waals surface area contributed by atoms with Gasteiger partial charge in [-0.3, -0.25) is 9.79 Å². The lowest BCUT2D eigenvalue weighted by molar-refractivity contribution is -0.149. The zero-order valence-electron chi connectivity index (χ0n) is 11.3. The van der Waals surface area contributed by atoms with Crippen molar-refractivity contribution < 1.29 is 9.53 Å². The first-order chi connectivity index (χ1) is 8.72. The fourth-order valence-electron chi connectivity index (χ4n) is 2.12. The molecule has 0 bridgehead atoms. The Labute approximate surface area is 109 Å². The molecule has 0 aromatic rings. The minimum Gasteiger partial charge on any atom is -0.466 e. The van der Waals surface area contributed by atoms with E-state index in [-0.39, 0.29) is 11.9 Å². The number of esters is 1. The van der Waals surface area contributed by atoms with Crippen molar-refractivity contribution >= 4 is 11.9 Å². The van der Waals surface area contributed by atoms with E-state index in [0.717, 1.165) is 25.3 Å². The molecular formula is C13H23N3O2. The van der Waals surface area contributed by atoms with Crippen molar-refractivity contribution in [3.8, 4) is 0 Å². The summed E-state index contributed by atoms with van der Waals surface area (Å²) in [6.07, 6.45) is 3.67. The number of carbonyl (C=O) groups is 1. The van der Waals surface area contributed by atoms with Gasteiger partial charge in [-0.2, -0.15) is 0 Å². The zero-order valence-corrected chi connectivity index (χ0v) is 11.3. The van der Waals surface area contributed by atoms with Gasteiger partial charge in [0.05, 0.1) is 12.5 Å². The van der Waals surface area contributed by atoms with E-state index in [9.17, 15) is 4.79 Å². The molecule has 0 amide bonds. The molecule has 0 aromatic heterocycles.